The van der Waals surface area contributed by atoms with E-state index in [2.05, 4.69) is 160 Å². The van der Waals surface area contributed by atoms with Gasteiger partial charge in [0, 0.05) is 65.2 Å². The lowest BCUT2D eigenvalue weighted by Gasteiger charge is -2.15. The van der Waals surface area contributed by atoms with Crippen LogP contribution in [0.1, 0.15) is 0 Å². The summed E-state index contributed by atoms with van der Waals surface area (Å²) in [4.78, 5) is 20.5. The Balaban J connectivity index is 1.25. The molecule has 0 aliphatic heterocycles. The lowest BCUT2D eigenvalue weighted by Crippen LogP contribution is -2.08. The van der Waals surface area contributed by atoms with Crippen molar-refractivity contribution in [3.63, 3.8) is 0 Å². The van der Waals surface area contributed by atoms with Gasteiger partial charge in [-0.05, 0) is 48.5 Å². The highest BCUT2D eigenvalue weighted by atomic mass is 32.1. The third-order valence-corrected chi connectivity index (χ3v) is 11.0. The molecule has 0 aliphatic rings. The van der Waals surface area contributed by atoms with Gasteiger partial charge in [-0.25, -0.2) is 4.98 Å². The molecule has 0 atom stereocenters. The maximum atomic E-state index is 5.35. The van der Waals surface area contributed by atoms with Crippen molar-refractivity contribution in [2.75, 3.05) is 0 Å². The summed E-state index contributed by atoms with van der Waals surface area (Å²) in [6.07, 6.45) is 3.80. The van der Waals surface area contributed by atoms with Gasteiger partial charge in [0.1, 0.15) is 0 Å². The first-order valence-electron chi connectivity index (χ1n) is 16.9. The van der Waals surface area contributed by atoms with Crippen molar-refractivity contribution in [1.82, 2.24) is 29.1 Å². The van der Waals surface area contributed by atoms with Crippen LogP contribution < -0.4 is 0 Å². The Kier molecular flexibility index (Phi) is 6.02. The molecule has 5 aromatic heterocycles. The zero-order valence-electron chi connectivity index (χ0n) is 27.1. The number of para-hydroxylation sites is 4. The van der Waals surface area contributed by atoms with Crippen LogP contribution in [0, 0.1) is 0 Å². The predicted molar refractivity (Wildman–Crippen MR) is 210 cm³/mol. The molecule has 0 amide bonds. The van der Waals surface area contributed by atoms with Gasteiger partial charge in [0.15, 0.2) is 11.6 Å². The summed E-state index contributed by atoms with van der Waals surface area (Å²) < 4.78 is 6.93. The minimum atomic E-state index is 0.574. The first kappa shape index (κ1) is 28.2. The van der Waals surface area contributed by atoms with Crippen LogP contribution in [0.3, 0.4) is 0 Å². The summed E-state index contributed by atoms with van der Waals surface area (Å²) in [5.74, 6) is 1.81. The lowest BCUT2D eigenvalue weighted by atomic mass is 10.1. The summed E-state index contributed by atoms with van der Waals surface area (Å²) in [7, 11) is 0. The molecule has 0 spiro atoms. The second kappa shape index (κ2) is 10.9. The van der Waals surface area contributed by atoms with Crippen molar-refractivity contribution < 1.29 is 0 Å². The van der Waals surface area contributed by atoms with E-state index in [1.165, 1.54) is 14.8 Å². The number of pyridine rings is 1. The van der Waals surface area contributed by atoms with E-state index in [-0.39, 0.29) is 0 Å². The SMILES string of the molecule is c1ccc(-n2c3ccccc3c3cnccc32)c(-c2nc(-c3cccc4sc5ccccc5c34)nc(-n3c4ccccc4c4ccccc43)n2)c1. The molecule has 11 rings (SSSR count). The molecule has 238 valence electrons. The van der Waals surface area contributed by atoms with Gasteiger partial charge in [-0.2, -0.15) is 9.97 Å². The number of thiophene rings is 1. The summed E-state index contributed by atoms with van der Waals surface area (Å²) in [6, 6.07) is 50.9. The van der Waals surface area contributed by atoms with Crippen LogP contribution in [0.4, 0.5) is 0 Å². The third-order valence-electron chi connectivity index (χ3n) is 9.91. The van der Waals surface area contributed by atoms with E-state index >= 15 is 0 Å². The molecule has 0 radical (unpaired) electrons. The largest absolute Gasteiger partial charge is 0.308 e. The van der Waals surface area contributed by atoms with Crippen LogP contribution in [0.2, 0.25) is 0 Å². The molecule has 6 nitrogen and oxygen atoms in total. The average molecular weight is 671 g/mol. The normalized spacial score (nSPS) is 11.9. The van der Waals surface area contributed by atoms with Crippen molar-refractivity contribution in [2.24, 2.45) is 0 Å². The van der Waals surface area contributed by atoms with Gasteiger partial charge >= 0.3 is 0 Å². The highest BCUT2D eigenvalue weighted by Crippen LogP contribution is 2.41. The van der Waals surface area contributed by atoms with Gasteiger partial charge in [-0.1, -0.05) is 97.1 Å². The molecular formula is C44H26N6S. The van der Waals surface area contributed by atoms with Gasteiger partial charge in [0.2, 0.25) is 5.95 Å². The number of benzene rings is 6. The monoisotopic (exact) mass is 670 g/mol. The van der Waals surface area contributed by atoms with Gasteiger partial charge in [-0.15, -0.1) is 11.3 Å². The summed E-state index contributed by atoms with van der Waals surface area (Å²) in [5, 5.41) is 6.91. The molecule has 0 fully saturated rings. The van der Waals surface area contributed by atoms with Crippen LogP contribution in [-0.4, -0.2) is 29.1 Å². The number of hydrogen-bond donors (Lipinski definition) is 0. The maximum absolute atomic E-state index is 5.35. The molecule has 5 heterocycles. The van der Waals surface area contributed by atoms with Crippen LogP contribution in [0.15, 0.2) is 158 Å². The molecule has 11 aromatic rings. The van der Waals surface area contributed by atoms with Crippen molar-refractivity contribution >= 4 is 75.1 Å². The number of hydrogen-bond acceptors (Lipinski definition) is 5. The number of rotatable bonds is 4. The second-order valence-corrected chi connectivity index (χ2v) is 13.8. The first-order valence-corrected chi connectivity index (χ1v) is 17.7. The van der Waals surface area contributed by atoms with E-state index in [9.17, 15) is 0 Å². The summed E-state index contributed by atoms with van der Waals surface area (Å²) in [5.41, 5.74) is 7.14. The van der Waals surface area contributed by atoms with Crippen LogP contribution in [0.5, 0.6) is 0 Å². The average Bonchev–Trinajstić information content (AvgIpc) is 3.86. The Morgan fingerprint density at radius 3 is 1.73 bits per heavy atom. The Hall–Kier alpha value is -6.70. The smallest absolute Gasteiger partial charge is 0.238 e. The fourth-order valence-electron chi connectivity index (χ4n) is 7.74. The van der Waals surface area contributed by atoms with Gasteiger partial charge in [0.25, 0.3) is 0 Å². The zero-order valence-corrected chi connectivity index (χ0v) is 27.9. The Morgan fingerprint density at radius 2 is 0.961 bits per heavy atom. The van der Waals surface area contributed by atoms with Crippen molar-refractivity contribution in [3.05, 3.63) is 158 Å². The molecule has 0 bridgehead atoms. The molecule has 0 aliphatic carbocycles. The molecule has 51 heavy (non-hydrogen) atoms. The maximum Gasteiger partial charge on any atom is 0.238 e. The van der Waals surface area contributed by atoms with E-state index in [4.69, 9.17) is 15.0 Å². The van der Waals surface area contributed by atoms with E-state index in [0.29, 0.717) is 17.6 Å². The molecule has 6 aromatic carbocycles. The summed E-state index contributed by atoms with van der Waals surface area (Å²) in [6.45, 7) is 0. The lowest BCUT2D eigenvalue weighted by molar-refractivity contribution is 0.952. The molecule has 0 N–H and O–H groups in total. The summed E-state index contributed by atoms with van der Waals surface area (Å²) >= 11 is 1.79. The number of fused-ring (bicyclic) bond motifs is 9. The first-order chi connectivity index (χ1) is 25.3. The molecule has 0 saturated carbocycles. The highest BCUT2D eigenvalue weighted by molar-refractivity contribution is 7.25. The van der Waals surface area contributed by atoms with E-state index in [1.54, 1.807) is 11.3 Å². The van der Waals surface area contributed by atoms with Crippen molar-refractivity contribution in [1.29, 1.82) is 0 Å². The second-order valence-electron chi connectivity index (χ2n) is 12.7. The van der Waals surface area contributed by atoms with Crippen molar-refractivity contribution in [2.45, 2.75) is 0 Å². The van der Waals surface area contributed by atoms with Gasteiger partial charge < -0.3 is 4.57 Å². The van der Waals surface area contributed by atoms with E-state index < -0.39 is 0 Å². The van der Waals surface area contributed by atoms with Crippen LogP contribution in [-0.2, 0) is 0 Å². The fourth-order valence-corrected chi connectivity index (χ4v) is 8.87. The van der Waals surface area contributed by atoms with Crippen LogP contribution in [0.25, 0.3) is 98.2 Å². The molecule has 7 heteroatoms. The van der Waals surface area contributed by atoms with Gasteiger partial charge in [-0.3, -0.25) is 9.55 Å². The fraction of sp³-hybridized carbons (Fsp3) is 0. The zero-order chi connectivity index (χ0) is 33.5. The minimum Gasteiger partial charge on any atom is -0.308 e. The van der Waals surface area contributed by atoms with Crippen molar-refractivity contribution in [3.8, 4) is 34.4 Å². The highest BCUT2D eigenvalue weighted by Gasteiger charge is 2.22. The quantitative estimate of drug-likeness (QED) is 0.187. The standard InChI is InChI=1S/C44H26N6S/c1-7-19-35-27(12-1)28-13-2-8-20-36(28)50(35)44-47-42(46-43(48-44)32-17-11-23-40-41(32)31-16-5-10-22-39(31)51-40)30-15-4-9-21-37(30)49-34-18-6-3-14-29(34)33-26-45-25-24-38(33)49/h1-26H. The number of nitrogens with zero attached hydrogens (tertiary/aromatic N) is 6. The van der Waals surface area contributed by atoms with E-state index in [1.807, 2.05) is 12.4 Å². The van der Waals surface area contributed by atoms with Gasteiger partial charge in [0.05, 0.1) is 27.8 Å². The Morgan fingerprint density at radius 1 is 0.412 bits per heavy atom. The Bertz CT molecular complexity index is 3060. The van der Waals surface area contributed by atoms with Crippen LogP contribution >= 0.6 is 11.3 Å². The minimum absolute atomic E-state index is 0.574. The van der Waals surface area contributed by atoms with E-state index in [0.717, 1.165) is 65.8 Å². The predicted octanol–water partition coefficient (Wildman–Crippen LogP) is 11.2. The topological polar surface area (TPSA) is 61.4 Å². The molecule has 0 saturated heterocycles. The Labute approximate surface area is 295 Å². The molecular weight excluding hydrogens is 645 g/mol. The number of aromatic nitrogens is 6. The third kappa shape index (κ3) is 4.16. The molecule has 0 unspecified atom stereocenters.